The molecule has 0 atom stereocenters. The van der Waals surface area contributed by atoms with Crippen LogP contribution in [0.1, 0.15) is 16.8 Å². The van der Waals surface area contributed by atoms with Crippen LogP contribution in [0.4, 0.5) is 4.39 Å². The molecule has 4 aromatic rings. The van der Waals surface area contributed by atoms with Crippen molar-refractivity contribution in [2.24, 2.45) is 7.05 Å². The zero-order valence-electron chi connectivity index (χ0n) is 17.8. The molecule has 0 amide bonds. The van der Waals surface area contributed by atoms with Crippen molar-refractivity contribution in [2.75, 3.05) is 6.54 Å². The third-order valence-electron chi connectivity index (χ3n) is 5.72. The molecule has 1 aliphatic rings. The van der Waals surface area contributed by atoms with E-state index in [9.17, 15) is 12.8 Å². The summed E-state index contributed by atoms with van der Waals surface area (Å²) < 4.78 is 49.5. The summed E-state index contributed by atoms with van der Waals surface area (Å²) in [5.74, 6) is -0.357. The summed E-state index contributed by atoms with van der Waals surface area (Å²) in [5.41, 5.74) is 2.91. The van der Waals surface area contributed by atoms with Crippen LogP contribution >= 0.6 is 11.6 Å². The van der Waals surface area contributed by atoms with Crippen molar-refractivity contribution in [1.82, 2.24) is 24.3 Å². The van der Waals surface area contributed by atoms with Gasteiger partial charge in [0.25, 0.3) is 11.8 Å². The Labute approximate surface area is 194 Å². The molecule has 0 bridgehead atoms. The van der Waals surface area contributed by atoms with Crippen LogP contribution in [-0.4, -0.2) is 39.2 Å². The molecule has 5 rings (SSSR count). The number of halogens is 2. The van der Waals surface area contributed by atoms with Gasteiger partial charge in [-0.05, 0) is 36.8 Å². The maximum Gasteiger partial charge on any atom is 0.268 e. The summed E-state index contributed by atoms with van der Waals surface area (Å²) in [4.78, 5) is 0.131. The first kappa shape index (κ1) is 21.7. The molecule has 0 fully saturated rings. The number of sulfonamides is 1. The maximum absolute atomic E-state index is 14.1. The minimum atomic E-state index is -3.78. The first-order chi connectivity index (χ1) is 15.8. The Morgan fingerprint density at radius 3 is 2.64 bits per heavy atom. The average molecular weight is 488 g/mol. The molecule has 8 nitrogen and oxygen atoms in total. The van der Waals surface area contributed by atoms with E-state index < -0.39 is 15.8 Å². The first-order valence-electron chi connectivity index (χ1n) is 10.2. The lowest BCUT2D eigenvalue weighted by Crippen LogP contribution is -2.36. The highest BCUT2D eigenvalue weighted by molar-refractivity contribution is 7.89. The third kappa shape index (κ3) is 3.73. The molecule has 2 aromatic carbocycles. The fourth-order valence-electron chi connectivity index (χ4n) is 3.89. The topological polar surface area (TPSA) is 94.1 Å². The minimum Gasteiger partial charge on any atom is -0.414 e. The third-order valence-corrected chi connectivity index (χ3v) is 7.97. The van der Waals surface area contributed by atoms with Crippen molar-refractivity contribution < 1.29 is 17.2 Å². The quantitative estimate of drug-likeness (QED) is 0.432. The van der Waals surface area contributed by atoms with Crippen molar-refractivity contribution in [2.45, 2.75) is 24.8 Å². The molecule has 0 radical (unpaired) electrons. The molecule has 1 aliphatic heterocycles. The van der Waals surface area contributed by atoms with Gasteiger partial charge in [0.2, 0.25) is 10.0 Å². The number of nitrogens with zero attached hydrogens (tertiary/aromatic N) is 5. The molecule has 11 heteroatoms. The van der Waals surface area contributed by atoms with Crippen molar-refractivity contribution >= 4 is 21.6 Å². The van der Waals surface area contributed by atoms with Crippen LogP contribution in [0.25, 0.3) is 23.0 Å². The number of hydrogen-bond acceptors (Lipinski definition) is 6. The first-order valence-corrected chi connectivity index (χ1v) is 12.0. The lowest BCUT2D eigenvalue weighted by Gasteiger charge is -2.27. The van der Waals surface area contributed by atoms with E-state index in [2.05, 4.69) is 15.3 Å². The minimum absolute atomic E-state index is 0.0251. The summed E-state index contributed by atoms with van der Waals surface area (Å²) in [7, 11) is -2.00. The maximum atomic E-state index is 14.1. The highest BCUT2D eigenvalue weighted by Crippen LogP contribution is 2.33. The second-order valence-corrected chi connectivity index (χ2v) is 10.1. The number of aromatic nitrogens is 4. The van der Waals surface area contributed by atoms with Gasteiger partial charge in [-0.15, -0.1) is 10.2 Å². The molecule has 0 spiro atoms. The van der Waals surface area contributed by atoms with Gasteiger partial charge in [0.15, 0.2) is 5.69 Å². The summed E-state index contributed by atoms with van der Waals surface area (Å²) in [6.45, 7) is 2.20. The van der Waals surface area contributed by atoms with Gasteiger partial charge in [-0.3, -0.25) is 4.68 Å². The van der Waals surface area contributed by atoms with Gasteiger partial charge in [0.1, 0.15) is 5.82 Å². The standard InChI is InChI=1S/C22H19ClFN5O3S/c1-13-7-8-14(11-17(13)23)33(30,31)29-10-9-19-16(12-29)20(27-28(19)2)22-26-25-21(32-22)15-5-3-4-6-18(15)24/h3-8,11H,9-10,12H2,1-2H3. The molecular formula is C22H19ClFN5O3S. The van der Waals surface area contributed by atoms with Gasteiger partial charge >= 0.3 is 0 Å². The van der Waals surface area contributed by atoms with Crippen molar-refractivity contribution in [3.05, 3.63) is 70.1 Å². The van der Waals surface area contributed by atoms with Gasteiger partial charge < -0.3 is 4.42 Å². The molecule has 3 heterocycles. The fraction of sp³-hybridized carbons (Fsp3) is 0.227. The van der Waals surface area contributed by atoms with Gasteiger partial charge in [0, 0.05) is 42.8 Å². The Morgan fingerprint density at radius 2 is 1.88 bits per heavy atom. The summed E-state index contributed by atoms with van der Waals surface area (Å²) in [6, 6.07) is 10.8. The number of rotatable bonds is 4. The highest BCUT2D eigenvalue weighted by atomic mass is 35.5. The molecule has 2 aromatic heterocycles. The Balaban J connectivity index is 1.51. The van der Waals surface area contributed by atoms with Crippen molar-refractivity contribution in [3.8, 4) is 23.0 Å². The van der Waals surface area contributed by atoms with Gasteiger partial charge in [-0.1, -0.05) is 29.8 Å². The highest BCUT2D eigenvalue weighted by Gasteiger charge is 2.34. The summed E-state index contributed by atoms with van der Waals surface area (Å²) >= 11 is 6.16. The Hall–Kier alpha value is -3.08. The smallest absolute Gasteiger partial charge is 0.268 e. The Bertz CT molecular complexity index is 1480. The zero-order valence-corrected chi connectivity index (χ0v) is 19.4. The summed E-state index contributed by atoms with van der Waals surface area (Å²) in [5, 5.41) is 12.9. The predicted molar refractivity (Wildman–Crippen MR) is 119 cm³/mol. The lowest BCUT2D eigenvalue weighted by molar-refractivity contribution is 0.386. The number of hydrogen-bond donors (Lipinski definition) is 0. The average Bonchev–Trinajstić information content (AvgIpc) is 3.40. The molecule has 33 heavy (non-hydrogen) atoms. The fourth-order valence-corrected chi connectivity index (χ4v) is 5.57. The van der Waals surface area contributed by atoms with E-state index in [0.717, 1.165) is 11.3 Å². The van der Waals surface area contributed by atoms with Crippen LogP contribution in [0.15, 0.2) is 51.8 Å². The van der Waals surface area contributed by atoms with E-state index in [1.165, 1.54) is 16.4 Å². The largest absolute Gasteiger partial charge is 0.414 e. The van der Waals surface area contributed by atoms with Gasteiger partial charge in [-0.2, -0.15) is 9.40 Å². The zero-order chi connectivity index (χ0) is 23.3. The van der Waals surface area contributed by atoms with E-state index in [1.807, 2.05) is 6.92 Å². The monoisotopic (exact) mass is 487 g/mol. The van der Waals surface area contributed by atoms with E-state index in [0.29, 0.717) is 29.2 Å². The van der Waals surface area contributed by atoms with Crippen LogP contribution in [0.2, 0.25) is 5.02 Å². The van der Waals surface area contributed by atoms with Gasteiger partial charge in [0.05, 0.1) is 10.5 Å². The molecule has 0 aliphatic carbocycles. The normalized spacial score (nSPS) is 14.4. The Kier molecular flexibility index (Phi) is 5.31. The second kappa shape index (κ2) is 8.05. The van der Waals surface area contributed by atoms with E-state index >= 15 is 0 Å². The second-order valence-electron chi connectivity index (χ2n) is 7.79. The number of fused-ring (bicyclic) bond motifs is 1. The van der Waals surface area contributed by atoms with Crippen LogP contribution in [0, 0.1) is 12.7 Å². The van der Waals surface area contributed by atoms with Crippen LogP contribution in [-0.2, 0) is 30.0 Å². The molecule has 0 saturated heterocycles. The number of aryl methyl sites for hydroxylation is 2. The molecule has 0 saturated carbocycles. The van der Waals surface area contributed by atoms with Crippen molar-refractivity contribution in [1.29, 1.82) is 0 Å². The molecule has 0 unspecified atom stereocenters. The Morgan fingerprint density at radius 1 is 1.12 bits per heavy atom. The van der Waals surface area contributed by atoms with E-state index in [-0.39, 0.29) is 28.8 Å². The predicted octanol–water partition coefficient (Wildman–Crippen LogP) is 3.99. The molecule has 0 N–H and O–H groups in total. The van der Waals surface area contributed by atoms with Crippen LogP contribution in [0.5, 0.6) is 0 Å². The van der Waals surface area contributed by atoms with E-state index in [4.69, 9.17) is 16.0 Å². The van der Waals surface area contributed by atoms with Crippen LogP contribution in [0.3, 0.4) is 0 Å². The van der Waals surface area contributed by atoms with Crippen LogP contribution < -0.4 is 0 Å². The SMILES string of the molecule is Cc1ccc(S(=O)(=O)N2CCc3c(c(-c4nnc(-c5ccccc5F)o4)nn3C)C2)cc1Cl. The molecular weight excluding hydrogens is 469 g/mol. The molecule has 170 valence electrons. The van der Waals surface area contributed by atoms with Gasteiger partial charge in [-0.25, -0.2) is 12.8 Å². The lowest BCUT2D eigenvalue weighted by atomic mass is 10.1. The van der Waals surface area contributed by atoms with E-state index in [1.54, 1.807) is 42.1 Å². The number of benzene rings is 2. The summed E-state index contributed by atoms with van der Waals surface area (Å²) in [6.07, 6.45) is 0.464. The van der Waals surface area contributed by atoms with Crippen molar-refractivity contribution in [3.63, 3.8) is 0 Å².